The summed E-state index contributed by atoms with van der Waals surface area (Å²) >= 11 is 0. The number of halogens is 1. The third-order valence-corrected chi connectivity index (χ3v) is 3.14. The van der Waals surface area contributed by atoms with E-state index in [-0.39, 0.29) is 5.82 Å². The lowest BCUT2D eigenvalue weighted by Crippen LogP contribution is -2.09. The van der Waals surface area contributed by atoms with E-state index in [9.17, 15) is 9.18 Å². The van der Waals surface area contributed by atoms with Crippen LogP contribution in [0.25, 0.3) is 0 Å². The summed E-state index contributed by atoms with van der Waals surface area (Å²) in [5, 5.41) is 3.11. The Balaban J connectivity index is 2.03. The van der Waals surface area contributed by atoms with Crippen molar-refractivity contribution in [3.63, 3.8) is 0 Å². The van der Waals surface area contributed by atoms with Crippen molar-refractivity contribution in [3.8, 4) is 0 Å². The quantitative estimate of drug-likeness (QED) is 0.656. The molecule has 2 rings (SSSR count). The van der Waals surface area contributed by atoms with Gasteiger partial charge >= 0.3 is 5.97 Å². The van der Waals surface area contributed by atoms with Crippen LogP contribution in [0.1, 0.15) is 15.9 Å². The number of rotatable bonds is 5. The lowest BCUT2D eigenvalue weighted by molar-refractivity contribution is 0.0601. The van der Waals surface area contributed by atoms with Gasteiger partial charge in [-0.25, -0.2) is 9.18 Å². The Morgan fingerprint density at radius 2 is 2.05 bits per heavy atom. The van der Waals surface area contributed by atoms with Crippen LogP contribution in [-0.2, 0) is 11.2 Å². The van der Waals surface area contributed by atoms with Crippen molar-refractivity contribution in [3.05, 3.63) is 59.4 Å². The van der Waals surface area contributed by atoms with E-state index in [1.165, 1.54) is 13.2 Å². The molecule has 0 aliphatic carbocycles. The molecule has 0 heterocycles. The van der Waals surface area contributed by atoms with E-state index in [1.54, 1.807) is 36.4 Å². The molecule has 5 heteroatoms. The fraction of sp³-hybridized carbons (Fsp3) is 0.188. The average Bonchev–Trinajstić information content (AvgIpc) is 2.50. The fourth-order valence-corrected chi connectivity index (χ4v) is 1.99. The fourth-order valence-electron chi connectivity index (χ4n) is 1.99. The number of carbonyl (C=O) groups excluding carboxylic acids is 1. The zero-order valence-corrected chi connectivity index (χ0v) is 11.7. The topological polar surface area (TPSA) is 64.3 Å². The molecule has 2 aromatic rings. The summed E-state index contributed by atoms with van der Waals surface area (Å²) in [7, 11) is 1.32. The molecule has 0 saturated carbocycles. The number of esters is 1. The molecular weight excluding hydrogens is 271 g/mol. The SMILES string of the molecule is COC(=O)c1ccc(N)c(NCCc2ccccc2F)c1. The highest BCUT2D eigenvalue weighted by molar-refractivity contribution is 5.91. The van der Waals surface area contributed by atoms with Gasteiger partial charge in [0, 0.05) is 6.54 Å². The molecule has 4 nitrogen and oxygen atoms in total. The summed E-state index contributed by atoms with van der Waals surface area (Å²) < 4.78 is 18.2. The van der Waals surface area contributed by atoms with Crippen molar-refractivity contribution >= 4 is 17.3 Å². The summed E-state index contributed by atoms with van der Waals surface area (Å²) in [5.41, 5.74) is 8.06. The highest BCUT2D eigenvalue weighted by Crippen LogP contribution is 2.20. The summed E-state index contributed by atoms with van der Waals surface area (Å²) in [5.74, 6) is -0.650. The maximum absolute atomic E-state index is 13.5. The molecule has 21 heavy (non-hydrogen) atoms. The predicted octanol–water partition coefficient (Wildman–Crippen LogP) is 2.85. The molecule has 0 aliphatic heterocycles. The first-order chi connectivity index (χ1) is 10.1. The number of nitrogen functional groups attached to an aromatic ring is 1. The van der Waals surface area contributed by atoms with Gasteiger partial charge in [0.25, 0.3) is 0 Å². The number of hydrogen-bond donors (Lipinski definition) is 2. The van der Waals surface area contributed by atoms with E-state index in [2.05, 4.69) is 10.1 Å². The van der Waals surface area contributed by atoms with E-state index < -0.39 is 5.97 Å². The summed E-state index contributed by atoms with van der Waals surface area (Å²) in [4.78, 5) is 11.5. The van der Waals surface area contributed by atoms with Gasteiger partial charge in [-0.05, 0) is 36.2 Å². The van der Waals surface area contributed by atoms with Gasteiger partial charge in [0.15, 0.2) is 0 Å². The second-order valence-electron chi connectivity index (χ2n) is 4.56. The Morgan fingerprint density at radius 1 is 1.29 bits per heavy atom. The molecule has 0 unspecified atom stereocenters. The van der Waals surface area contributed by atoms with Crippen LogP contribution in [-0.4, -0.2) is 19.6 Å². The minimum Gasteiger partial charge on any atom is -0.465 e. The molecule has 0 bridgehead atoms. The highest BCUT2D eigenvalue weighted by atomic mass is 19.1. The lowest BCUT2D eigenvalue weighted by Gasteiger charge is -2.11. The van der Waals surface area contributed by atoms with Crippen LogP contribution in [0.5, 0.6) is 0 Å². The first kappa shape index (κ1) is 14.8. The van der Waals surface area contributed by atoms with E-state index >= 15 is 0 Å². The van der Waals surface area contributed by atoms with Crippen LogP contribution in [0, 0.1) is 5.82 Å². The van der Waals surface area contributed by atoms with E-state index in [0.717, 1.165) is 0 Å². The summed E-state index contributed by atoms with van der Waals surface area (Å²) in [6.45, 7) is 0.510. The molecule has 0 fully saturated rings. The van der Waals surface area contributed by atoms with Crippen LogP contribution in [0.2, 0.25) is 0 Å². The second-order valence-corrected chi connectivity index (χ2v) is 4.56. The van der Waals surface area contributed by atoms with E-state index in [4.69, 9.17) is 5.73 Å². The van der Waals surface area contributed by atoms with Crippen LogP contribution in [0.15, 0.2) is 42.5 Å². The standard InChI is InChI=1S/C16H17FN2O2/c1-21-16(20)12-6-7-14(18)15(10-12)19-9-8-11-4-2-3-5-13(11)17/h2-7,10,19H,8-9,18H2,1H3. The van der Waals surface area contributed by atoms with E-state index in [0.29, 0.717) is 35.5 Å². The number of carbonyl (C=O) groups is 1. The number of anilines is 2. The van der Waals surface area contributed by atoms with Gasteiger partial charge in [0.05, 0.1) is 24.0 Å². The minimum atomic E-state index is -0.424. The number of hydrogen-bond acceptors (Lipinski definition) is 4. The molecule has 0 spiro atoms. The number of methoxy groups -OCH3 is 1. The van der Waals surface area contributed by atoms with Crippen molar-refractivity contribution in [2.24, 2.45) is 0 Å². The maximum Gasteiger partial charge on any atom is 0.337 e. The van der Waals surface area contributed by atoms with Gasteiger partial charge in [-0.3, -0.25) is 0 Å². The number of ether oxygens (including phenoxy) is 1. The van der Waals surface area contributed by atoms with Crippen LogP contribution in [0.3, 0.4) is 0 Å². The van der Waals surface area contributed by atoms with E-state index in [1.807, 2.05) is 0 Å². The smallest absolute Gasteiger partial charge is 0.337 e. The van der Waals surface area contributed by atoms with Crippen LogP contribution in [0.4, 0.5) is 15.8 Å². The van der Waals surface area contributed by atoms with Gasteiger partial charge in [-0.1, -0.05) is 18.2 Å². The molecule has 0 saturated heterocycles. The number of benzene rings is 2. The number of nitrogens with two attached hydrogens (primary N) is 1. The van der Waals surface area contributed by atoms with Crippen molar-refractivity contribution in [1.82, 2.24) is 0 Å². The molecule has 0 radical (unpaired) electrons. The first-order valence-corrected chi connectivity index (χ1v) is 6.57. The Bertz CT molecular complexity index is 644. The summed E-state index contributed by atoms with van der Waals surface area (Å²) in [6.07, 6.45) is 0.522. The van der Waals surface area contributed by atoms with Gasteiger partial charge in [-0.15, -0.1) is 0 Å². The average molecular weight is 288 g/mol. The molecule has 110 valence electrons. The maximum atomic E-state index is 13.5. The Kier molecular flexibility index (Phi) is 4.77. The van der Waals surface area contributed by atoms with Gasteiger partial charge in [0.2, 0.25) is 0 Å². The Labute approximate surface area is 122 Å². The van der Waals surface area contributed by atoms with Crippen molar-refractivity contribution in [2.75, 3.05) is 24.7 Å². The third kappa shape index (κ3) is 3.72. The molecule has 0 atom stereocenters. The number of nitrogens with one attached hydrogen (secondary N) is 1. The van der Waals surface area contributed by atoms with Gasteiger partial charge in [-0.2, -0.15) is 0 Å². The normalized spacial score (nSPS) is 10.2. The van der Waals surface area contributed by atoms with Crippen LogP contribution < -0.4 is 11.1 Å². The minimum absolute atomic E-state index is 0.226. The molecule has 0 aliphatic rings. The largest absolute Gasteiger partial charge is 0.465 e. The predicted molar refractivity (Wildman–Crippen MR) is 80.8 cm³/mol. The van der Waals surface area contributed by atoms with Crippen molar-refractivity contribution < 1.29 is 13.9 Å². The Hall–Kier alpha value is -2.56. The molecule has 0 amide bonds. The van der Waals surface area contributed by atoms with Crippen molar-refractivity contribution in [1.29, 1.82) is 0 Å². The van der Waals surface area contributed by atoms with Gasteiger partial charge in [0.1, 0.15) is 5.82 Å². The van der Waals surface area contributed by atoms with Gasteiger partial charge < -0.3 is 15.8 Å². The molecule has 0 aromatic heterocycles. The third-order valence-electron chi connectivity index (χ3n) is 3.14. The molecule has 3 N–H and O–H groups in total. The lowest BCUT2D eigenvalue weighted by atomic mass is 10.1. The zero-order valence-electron chi connectivity index (χ0n) is 11.7. The zero-order chi connectivity index (χ0) is 15.2. The van der Waals surface area contributed by atoms with Crippen molar-refractivity contribution in [2.45, 2.75) is 6.42 Å². The second kappa shape index (κ2) is 6.74. The monoisotopic (exact) mass is 288 g/mol. The molecular formula is C16H17FN2O2. The van der Waals surface area contributed by atoms with Crippen LogP contribution >= 0.6 is 0 Å². The summed E-state index contributed by atoms with van der Waals surface area (Å²) in [6, 6.07) is 11.5. The highest BCUT2D eigenvalue weighted by Gasteiger charge is 2.08. The molecule has 2 aromatic carbocycles. The Morgan fingerprint density at radius 3 is 2.76 bits per heavy atom. The first-order valence-electron chi connectivity index (χ1n) is 6.57.